The first-order valence-electron chi connectivity index (χ1n) is 8.89. The van der Waals surface area contributed by atoms with Crippen molar-refractivity contribution < 1.29 is 9.59 Å². The number of hydrogen-bond donors (Lipinski definition) is 3. The van der Waals surface area contributed by atoms with Gasteiger partial charge in [0.1, 0.15) is 0 Å². The zero-order chi connectivity index (χ0) is 19.8. The fourth-order valence-electron chi connectivity index (χ4n) is 2.58. The Labute approximate surface area is 163 Å². The first-order chi connectivity index (χ1) is 13.6. The van der Waals surface area contributed by atoms with Crippen LogP contribution in [-0.2, 0) is 11.2 Å². The van der Waals surface area contributed by atoms with Gasteiger partial charge in [-0.25, -0.2) is 9.97 Å². The highest BCUT2D eigenvalue weighted by Gasteiger charge is 2.07. The van der Waals surface area contributed by atoms with E-state index in [-0.39, 0.29) is 11.8 Å². The van der Waals surface area contributed by atoms with Gasteiger partial charge in [-0.2, -0.15) is 0 Å². The summed E-state index contributed by atoms with van der Waals surface area (Å²) in [6.07, 6.45) is 3.72. The van der Waals surface area contributed by atoms with E-state index in [0.717, 1.165) is 12.1 Å². The van der Waals surface area contributed by atoms with Crippen LogP contribution in [0.2, 0.25) is 0 Å². The van der Waals surface area contributed by atoms with Crippen LogP contribution in [0.4, 0.5) is 17.3 Å². The monoisotopic (exact) mass is 375 g/mol. The molecular weight excluding hydrogens is 354 g/mol. The third-order valence-electron chi connectivity index (χ3n) is 3.90. The van der Waals surface area contributed by atoms with Crippen molar-refractivity contribution in [2.75, 3.05) is 17.2 Å². The summed E-state index contributed by atoms with van der Waals surface area (Å²) in [6.45, 7) is 1.99. The zero-order valence-corrected chi connectivity index (χ0v) is 15.5. The lowest BCUT2D eigenvalue weighted by Gasteiger charge is -2.08. The molecule has 1 aromatic heterocycles. The lowest BCUT2D eigenvalue weighted by atomic mass is 10.1. The minimum Gasteiger partial charge on any atom is -0.352 e. The SMILES string of the molecule is CC(=O)Nc1cccc(Nc2ncc(C(=O)NCCc3ccccc3)cn2)c1. The molecule has 0 fully saturated rings. The van der Waals surface area contributed by atoms with E-state index in [4.69, 9.17) is 0 Å². The smallest absolute Gasteiger partial charge is 0.254 e. The van der Waals surface area contributed by atoms with Crippen LogP contribution < -0.4 is 16.0 Å². The maximum atomic E-state index is 12.2. The minimum atomic E-state index is -0.213. The number of hydrogen-bond acceptors (Lipinski definition) is 5. The second-order valence-corrected chi connectivity index (χ2v) is 6.17. The highest BCUT2D eigenvalue weighted by Crippen LogP contribution is 2.18. The van der Waals surface area contributed by atoms with Gasteiger partial charge in [0.25, 0.3) is 5.91 Å². The average molecular weight is 375 g/mol. The first-order valence-corrected chi connectivity index (χ1v) is 8.89. The third-order valence-corrected chi connectivity index (χ3v) is 3.90. The fraction of sp³-hybridized carbons (Fsp3) is 0.143. The molecule has 0 radical (unpaired) electrons. The van der Waals surface area contributed by atoms with Gasteiger partial charge >= 0.3 is 0 Å². The van der Waals surface area contributed by atoms with E-state index in [1.165, 1.54) is 24.9 Å². The van der Waals surface area contributed by atoms with Gasteiger partial charge in [0.15, 0.2) is 0 Å². The normalized spacial score (nSPS) is 10.2. The van der Waals surface area contributed by atoms with E-state index in [9.17, 15) is 9.59 Å². The maximum Gasteiger partial charge on any atom is 0.254 e. The summed E-state index contributed by atoms with van der Waals surface area (Å²) in [5.41, 5.74) is 2.96. The number of carbonyl (C=O) groups excluding carboxylic acids is 2. The summed E-state index contributed by atoms with van der Waals surface area (Å²) in [7, 11) is 0. The number of aromatic nitrogens is 2. The fourth-order valence-corrected chi connectivity index (χ4v) is 2.58. The molecule has 0 spiro atoms. The Morgan fingerprint density at radius 3 is 2.36 bits per heavy atom. The second kappa shape index (κ2) is 9.27. The second-order valence-electron chi connectivity index (χ2n) is 6.17. The molecule has 28 heavy (non-hydrogen) atoms. The molecule has 3 N–H and O–H groups in total. The molecule has 0 saturated heterocycles. The van der Waals surface area contributed by atoms with Crippen molar-refractivity contribution in [1.82, 2.24) is 15.3 Å². The summed E-state index contributed by atoms with van der Waals surface area (Å²) < 4.78 is 0. The summed E-state index contributed by atoms with van der Waals surface area (Å²) in [4.78, 5) is 31.7. The van der Waals surface area contributed by atoms with Crippen molar-refractivity contribution in [2.24, 2.45) is 0 Å². The minimum absolute atomic E-state index is 0.143. The maximum absolute atomic E-state index is 12.2. The summed E-state index contributed by atoms with van der Waals surface area (Å²) in [6, 6.07) is 17.2. The van der Waals surface area contributed by atoms with E-state index in [1.54, 1.807) is 12.1 Å². The molecule has 3 rings (SSSR count). The van der Waals surface area contributed by atoms with Gasteiger partial charge in [-0.3, -0.25) is 9.59 Å². The van der Waals surface area contributed by atoms with Crippen molar-refractivity contribution in [3.05, 3.63) is 78.1 Å². The number of rotatable bonds is 7. The van der Waals surface area contributed by atoms with Crippen molar-refractivity contribution in [3.63, 3.8) is 0 Å². The molecule has 3 aromatic rings. The number of nitrogens with zero attached hydrogens (tertiary/aromatic N) is 2. The molecule has 0 atom stereocenters. The van der Waals surface area contributed by atoms with Gasteiger partial charge in [-0.05, 0) is 30.2 Å². The molecule has 0 saturated carbocycles. The number of benzene rings is 2. The van der Waals surface area contributed by atoms with Gasteiger partial charge in [-0.1, -0.05) is 36.4 Å². The Balaban J connectivity index is 1.54. The zero-order valence-electron chi connectivity index (χ0n) is 15.5. The number of nitrogens with one attached hydrogen (secondary N) is 3. The van der Waals surface area contributed by atoms with E-state index < -0.39 is 0 Å². The number of carbonyl (C=O) groups is 2. The Morgan fingerprint density at radius 1 is 0.929 bits per heavy atom. The molecule has 0 bridgehead atoms. The standard InChI is InChI=1S/C21H21N5O2/c1-15(27)25-18-8-5-9-19(12-18)26-21-23-13-17(14-24-21)20(28)22-11-10-16-6-3-2-4-7-16/h2-9,12-14H,10-11H2,1H3,(H,22,28)(H,25,27)(H,23,24,26). The van der Waals surface area contributed by atoms with Gasteiger partial charge < -0.3 is 16.0 Å². The Kier molecular flexibility index (Phi) is 6.30. The van der Waals surface area contributed by atoms with Crippen LogP contribution in [0.5, 0.6) is 0 Å². The van der Waals surface area contributed by atoms with Crippen molar-refractivity contribution in [3.8, 4) is 0 Å². The molecule has 2 amide bonds. The van der Waals surface area contributed by atoms with E-state index in [0.29, 0.717) is 23.7 Å². The molecule has 0 aliphatic carbocycles. The molecule has 7 nitrogen and oxygen atoms in total. The number of anilines is 3. The van der Waals surface area contributed by atoms with E-state index in [2.05, 4.69) is 25.9 Å². The molecule has 1 heterocycles. The van der Waals surface area contributed by atoms with Crippen LogP contribution in [0.1, 0.15) is 22.8 Å². The largest absolute Gasteiger partial charge is 0.352 e. The van der Waals surface area contributed by atoms with Crippen LogP contribution in [-0.4, -0.2) is 28.3 Å². The van der Waals surface area contributed by atoms with Crippen LogP contribution >= 0.6 is 0 Å². The van der Waals surface area contributed by atoms with E-state index in [1.807, 2.05) is 42.5 Å². The topological polar surface area (TPSA) is 96.0 Å². The summed E-state index contributed by atoms with van der Waals surface area (Å²) in [5.74, 6) is 0.00646. The lowest BCUT2D eigenvalue weighted by molar-refractivity contribution is -0.114. The highest BCUT2D eigenvalue weighted by atomic mass is 16.2. The molecule has 0 aliphatic heterocycles. The molecule has 2 aromatic carbocycles. The number of amides is 2. The van der Waals surface area contributed by atoms with Gasteiger partial charge in [0.2, 0.25) is 11.9 Å². The van der Waals surface area contributed by atoms with Crippen LogP contribution in [0.15, 0.2) is 67.0 Å². The van der Waals surface area contributed by atoms with Crippen LogP contribution in [0.25, 0.3) is 0 Å². The molecule has 142 valence electrons. The predicted molar refractivity (Wildman–Crippen MR) is 109 cm³/mol. The quantitative estimate of drug-likeness (QED) is 0.590. The lowest BCUT2D eigenvalue weighted by Crippen LogP contribution is -2.26. The molecule has 7 heteroatoms. The summed E-state index contributed by atoms with van der Waals surface area (Å²) >= 11 is 0. The Bertz CT molecular complexity index is 943. The van der Waals surface area contributed by atoms with E-state index >= 15 is 0 Å². The third kappa shape index (κ3) is 5.63. The van der Waals surface area contributed by atoms with Crippen LogP contribution in [0.3, 0.4) is 0 Å². The van der Waals surface area contributed by atoms with Crippen molar-refractivity contribution >= 4 is 29.1 Å². The Hall–Kier alpha value is -3.74. The van der Waals surface area contributed by atoms with Crippen LogP contribution in [0, 0.1) is 0 Å². The van der Waals surface area contributed by atoms with Gasteiger partial charge in [0.05, 0.1) is 5.56 Å². The van der Waals surface area contributed by atoms with Crippen molar-refractivity contribution in [2.45, 2.75) is 13.3 Å². The van der Waals surface area contributed by atoms with Crippen molar-refractivity contribution in [1.29, 1.82) is 0 Å². The molecule has 0 aliphatic rings. The highest BCUT2D eigenvalue weighted by molar-refractivity contribution is 5.93. The summed E-state index contributed by atoms with van der Waals surface area (Å²) in [5, 5.41) is 8.62. The van der Waals surface area contributed by atoms with Gasteiger partial charge in [-0.15, -0.1) is 0 Å². The predicted octanol–water partition coefficient (Wildman–Crippen LogP) is 3.15. The molecular formula is C21H21N5O2. The van der Waals surface area contributed by atoms with Gasteiger partial charge in [0, 0.05) is 37.2 Å². The molecule has 0 unspecified atom stereocenters. The first kappa shape index (κ1) is 19.0. The Morgan fingerprint density at radius 2 is 1.64 bits per heavy atom. The average Bonchev–Trinajstić information content (AvgIpc) is 2.69.